The molecule has 1 aliphatic heterocycles. The van der Waals surface area contributed by atoms with Gasteiger partial charge in [-0.1, -0.05) is 13.8 Å². The molecular weight excluding hydrogens is 139 g/mol. The zero-order valence-electron chi connectivity index (χ0n) is 5.63. The Hall–Kier alpha value is 0.310. The van der Waals surface area contributed by atoms with Gasteiger partial charge in [-0.05, 0) is 0 Å². The van der Waals surface area contributed by atoms with Crippen molar-refractivity contribution >= 4 is 8.60 Å². The first kappa shape index (κ1) is 7.42. The summed E-state index contributed by atoms with van der Waals surface area (Å²) in [5.74, 6) is 0. The molecule has 0 saturated carbocycles. The van der Waals surface area contributed by atoms with Crippen LogP contribution in [0.25, 0.3) is 0 Å². The molecule has 0 bridgehead atoms. The zero-order valence-corrected chi connectivity index (χ0v) is 6.52. The molecule has 1 heterocycles. The zero-order chi connectivity index (χ0) is 6.91. The van der Waals surface area contributed by atoms with Crippen LogP contribution >= 0.6 is 8.60 Å². The third kappa shape index (κ3) is 2.18. The van der Waals surface area contributed by atoms with Crippen molar-refractivity contribution in [1.82, 2.24) is 0 Å². The maximum absolute atomic E-state index is 8.76. The molecule has 56 valence electrons. The maximum atomic E-state index is 8.76. The van der Waals surface area contributed by atoms with Crippen LogP contribution in [0.15, 0.2) is 0 Å². The SMILES string of the molecule is CC1(C)COP(O)OC1.[2HH]. The van der Waals surface area contributed by atoms with Crippen LogP contribution in [0.5, 0.6) is 0 Å². The van der Waals surface area contributed by atoms with Crippen molar-refractivity contribution in [3.8, 4) is 0 Å². The Balaban J connectivity index is 0.000000810. The van der Waals surface area contributed by atoms with E-state index in [4.69, 9.17) is 13.9 Å². The van der Waals surface area contributed by atoms with Crippen LogP contribution in [0.1, 0.15) is 15.3 Å². The molecule has 0 aromatic rings. The largest absolute Gasteiger partial charge is 0.329 e. The van der Waals surface area contributed by atoms with Crippen molar-refractivity contribution in [2.45, 2.75) is 13.8 Å². The molecule has 0 unspecified atom stereocenters. The Morgan fingerprint density at radius 1 is 1.44 bits per heavy atom. The van der Waals surface area contributed by atoms with Crippen LogP contribution in [0.2, 0.25) is 0 Å². The molecule has 0 aromatic heterocycles. The van der Waals surface area contributed by atoms with Crippen molar-refractivity contribution in [2.24, 2.45) is 5.41 Å². The van der Waals surface area contributed by atoms with E-state index in [1.807, 2.05) is 13.8 Å². The van der Waals surface area contributed by atoms with Crippen LogP contribution in [0, 0.1) is 5.41 Å². The fraction of sp³-hybridized carbons (Fsp3) is 1.00. The van der Waals surface area contributed by atoms with Gasteiger partial charge in [0.2, 0.25) is 0 Å². The summed E-state index contributed by atoms with van der Waals surface area (Å²) in [6, 6.07) is 0. The van der Waals surface area contributed by atoms with Gasteiger partial charge < -0.3 is 13.9 Å². The van der Waals surface area contributed by atoms with Crippen LogP contribution in [0.4, 0.5) is 0 Å². The molecule has 1 saturated heterocycles. The van der Waals surface area contributed by atoms with E-state index in [0.717, 1.165) is 0 Å². The lowest BCUT2D eigenvalue weighted by Gasteiger charge is -2.30. The number of hydrogen-bond donors (Lipinski definition) is 1. The van der Waals surface area contributed by atoms with Crippen LogP contribution in [-0.4, -0.2) is 18.1 Å². The molecule has 0 amide bonds. The van der Waals surface area contributed by atoms with E-state index in [1.54, 1.807) is 0 Å². The first-order valence-electron chi connectivity index (χ1n) is 2.85. The first-order chi connectivity index (χ1) is 4.10. The van der Waals surface area contributed by atoms with Crippen molar-refractivity contribution < 1.29 is 15.4 Å². The normalized spacial score (nSPS) is 28.3. The highest BCUT2D eigenvalue weighted by Gasteiger charge is 2.27. The maximum Gasteiger partial charge on any atom is 0.329 e. The summed E-state index contributed by atoms with van der Waals surface area (Å²) in [4.78, 5) is 8.76. The quantitative estimate of drug-likeness (QED) is 0.536. The van der Waals surface area contributed by atoms with Gasteiger partial charge in [-0.15, -0.1) is 0 Å². The molecule has 0 atom stereocenters. The molecule has 9 heavy (non-hydrogen) atoms. The van der Waals surface area contributed by atoms with Gasteiger partial charge >= 0.3 is 8.60 Å². The minimum atomic E-state index is -1.55. The fourth-order valence-corrected chi connectivity index (χ4v) is 1.53. The summed E-state index contributed by atoms with van der Waals surface area (Å²) < 4.78 is 9.78. The van der Waals surface area contributed by atoms with Crippen LogP contribution in [0.3, 0.4) is 0 Å². The molecule has 1 rings (SSSR count). The summed E-state index contributed by atoms with van der Waals surface area (Å²) in [7, 11) is -1.55. The first-order valence-corrected chi connectivity index (χ1v) is 3.98. The predicted molar refractivity (Wildman–Crippen MR) is 36.9 cm³/mol. The Morgan fingerprint density at radius 2 is 1.89 bits per heavy atom. The second-order valence-electron chi connectivity index (χ2n) is 2.95. The lowest BCUT2D eigenvalue weighted by molar-refractivity contribution is 0.0399. The monoisotopic (exact) mass is 153 g/mol. The average Bonchev–Trinajstić information content (AvgIpc) is 1.78. The van der Waals surface area contributed by atoms with E-state index in [0.29, 0.717) is 13.2 Å². The topological polar surface area (TPSA) is 38.7 Å². The van der Waals surface area contributed by atoms with Crippen LogP contribution in [-0.2, 0) is 9.05 Å². The number of hydrogen-bond acceptors (Lipinski definition) is 3. The van der Waals surface area contributed by atoms with E-state index in [2.05, 4.69) is 0 Å². The minimum Gasteiger partial charge on any atom is -0.328 e. The standard InChI is InChI=1S/C5H11O3P.H2/c1-5(2)3-7-9(6)8-4-5;/h6H,3-4H2,1-2H3;1H/i;1+1. The number of rotatable bonds is 0. The van der Waals surface area contributed by atoms with E-state index < -0.39 is 8.60 Å². The van der Waals surface area contributed by atoms with Gasteiger partial charge in [0.05, 0.1) is 13.2 Å². The molecule has 0 spiro atoms. The summed E-state index contributed by atoms with van der Waals surface area (Å²) in [5, 5.41) is 0. The van der Waals surface area contributed by atoms with Gasteiger partial charge in [0.15, 0.2) is 0 Å². The highest BCUT2D eigenvalue weighted by atomic mass is 31.2. The third-order valence-corrected chi connectivity index (χ3v) is 1.83. The molecule has 1 aliphatic rings. The van der Waals surface area contributed by atoms with Crippen molar-refractivity contribution in [2.75, 3.05) is 13.2 Å². The molecule has 0 aliphatic carbocycles. The second-order valence-corrected chi connectivity index (χ2v) is 3.94. The lowest BCUT2D eigenvalue weighted by atomic mass is 9.97. The van der Waals surface area contributed by atoms with Gasteiger partial charge in [-0.3, -0.25) is 0 Å². The summed E-state index contributed by atoms with van der Waals surface area (Å²) in [5.41, 5.74) is 0.0710. The molecule has 1 N–H and O–H groups in total. The van der Waals surface area contributed by atoms with Crippen molar-refractivity contribution in [1.29, 1.82) is 0 Å². The van der Waals surface area contributed by atoms with Gasteiger partial charge in [0.1, 0.15) is 0 Å². The van der Waals surface area contributed by atoms with Crippen LogP contribution < -0.4 is 0 Å². The second kappa shape index (κ2) is 2.51. The van der Waals surface area contributed by atoms with E-state index in [-0.39, 0.29) is 6.84 Å². The highest BCUT2D eigenvalue weighted by molar-refractivity contribution is 7.40. The Kier molecular flexibility index (Phi) is 2.07. The molecule has 1 fully saturated rings. The van der Waals surface area contributed by atoms with Crippen molar-refractivity contribution in [3.05, 3.63) is 0 Å². The Labute approximate surface area is 57.5 Å². The molecule has 3 nitrogen and oxygen atoms in total. The average molecular weight is 153 g/mol. The summed E-state index contributed by atoms with van der Waals surface area (Å²) >= 11 is 0. The van der Waals surface area contributed by atoms with Gasteiger partial charge in [-0.2, -0.15) is 0 Å². The fourth-order valence-electron chi connectivity index (χ4n) is 0.539. The molecule has 4 heteroatoms. The Bertz CT molecular complexity index is 99.1. The highest BCUT2D eigenvalue weighted by Crippen LogP contribution is 2.41. The van der Waals surface area contributed by atoms with Crippen molar-refractivity contribution in [3.63, 3.8) is 0 Å². The van der Waals surface area contributed by atoms with E-state index in [9.17, 15) is 0 Å². The summed E-state index contributed by atoms with van der Waals surface area (Å²) in [6.07, 6.45) is 0. The molecule has 0 aromatic carbocycles. The Morgan fingerprint density at radius 3 is 2.22 bits per heavy atom. The summed E-state index contributed by atoms with van der Waals surface area (Å²) in [6.45, 7) is 5.26. The molecular formula is C5H13O3P. The minimum absolute atomic E-state index is 0. The lowest BCUT2D eigenvalue weighted by Crippen LogP contribution is -2.27. The van der Waals surface area contributed by atoms with Gasteiger partial charge in [-0.25, -0.2) is 0 Å². The third-order valence-electron chi connectivity index (χ3n) is 1.13. The molecule has 0 radical (unpaired) electrons. The smallest absolute Gasteiger partial charge is 0.328 e. The van der Waals surface area contributed by atoms with E-state index >= 15 is 0 Å². The van der Waals surface area contributed by atoms with Gasteiger partial charge in [0.25, 0.3) is 0 Å². The van der Waals surface area contributed by atoms with E-state index in [1.165, 1.54) is 0 Å². The van der Waals surface area contributed by atoms with Gasteiger partial charge in [0, 0.05) is 6.84 Å². The predicted octanol–water partition coefficient (Wildman–Crippen LogP) is 1.52.